The zero-order chi connectivity index (χ0) is 22.4. The Bertz CT molecular complexity index is 1050. The molecular weight excluding hydrogens is 430 g/mol. The topological polar surface area (TPSA) is 72.2 Å². The van der Waals surface area contributed by atoms with Gasteiger partial charge in [-0.15, -0.1) is 10.2 Å². The maximum atomic E-state index is 12.2. The second kappa shape index (κ2) is 10.1. The third kappa shape index (κ3) is 6.18. The van der Waals surface area contributed by atoms with Crippen LogP contribution in [0.5, 0.6) is 0 Å². The molecule has 3 rings (SSSR count). The molecule has 0 atom stereocenters. The van der Waals surface area contributed by atoms with E-state index in [0.29, 0.717) is 16.7 Å². The van der Waals surface area contributed by atoms with Gasteiger partial charge in [0.15, 0.2) is 11.0 Å². The van der Waals surface area contributed by atoms with Crippen molar-refractivity contribution < 1.29 is 4.79 Å². The van der Waals surface area contributed by atoms with Crippen molar-refractivity contribution in [1.82, 2.24) is 20.2 Å². The number of hydrogen-bond acceptors (Lipinski definition) is 5. The maximum absolute atomic E-state index is 12.2. The van der Waals surface area contributed by atoms with Gasteiger partial charge >= 0.3 is 0 Å². The second-order valence-corrected chi connectivity index (χ2v) is 9.39. The fraction of sp³-hybridized carbons (Fsp3) is 0.304. The van der Waals surface area contributed by atoms with Crippen LogP contribution in [0.1, 0.15) is 38.8 Å². The normalized spacial score (nSPS) is 11.8. The van der Waals surface area contributed by atoms with Gasteiger partial charge in [0.1, 0.15) is 0 Å². The number of nitrogens with zero attached hydrogens (tertiary/aromatic N) is 4. The van der Waals surface area contributed by atoms with Crippen molar-refractivity contribution in [1.29, 1.82) is 0 Å². The summed E-state index contributed by atoms with van der Waals surface area (Å²) in [5.74, 6) is 0.740. The van der Waals surface area contributed by atoms with Crippen molar-refractivity contribution in [3.8, 4) is 11.4 Å². The van der Waals surface area contributed by atoms with E-state index >= 15 is 0 Å². The van der Waals surface area contributed by atoms with E-state index in [1.165, 1.54) is 17.3 Å². The highest BCUT2D eigenvalue weighted by Gasteiger charge is 2.15. The summed E-state index contributed by atoms with van der Waals surface area (Å²) in [6, 6.07) is 15.6. The molecule has 162 valence electrons. The molecule has 0 radical (unpaired) electrons. The number of hydrogen-bond donors (Lipinski definition) is 1. The largest absolute Gasteiger partial charge is 0.302 e. The number of carbonyl (C=O) groups excluding carboxylic acids is 1. The molecular formula is C23H26ClN5OS. The molecule has 0 fully saturated rings. The van der Waals surface area contributed by atoms with Crippen LogP contribution < -0.4 is 5.43 Å². The third-order valence-electron chi connectivity index (χ3n) is 4.65. The Labute approximate surface area is 192 Å². The summed E-state index contributed by atoms with van der Waals surface area (Å²) >= 11 is 7.29. The van der Waals surface area contributed by atoms with Gasteiger partial charge in [-0.2, -0.15) is 5.10 Å². The lowest BCUT2D eigenvalue weighted by Gasteiger charge is -2.18. The fourth-order valence-electron chi connectivity index (χ4n) is 2.90. The Morgan fingerprint density at radius 3 is 2.42 bits per heavy atom. The second-order valence-electron chi connectivity index (χ2n) is 8.01. The Balaban J connectivity index is 1.56. The van der Waals surface area contributed by atoms with Crippen molar-refractivity contribution in [2.75, 3.05) is 5.75 Å². The van der Waals surface area contributed by atoms with Crippen LogP contribution >= 0.6 is 23.4 Å². The molecule has 0 bridgehead atoms. The number of amides is 1. The van der Waals surface area contributed by atoms with Crippen LogP contribution in [0.4, 0.5) is 0 Å². The minimum Gasteiger partial charge on any atom is -0.302 e. The molecule has 0 aliphatic heterocycles. The van der Waals surface area contributed by atoms with Crippen molar-refractivity contribution in [2.24, 2.45) is 5.10 Å². The maximum Gasteiger partial charge on any atom is 0.250 e. The summed E-state index contributed by atoms with van der Waals surface area (Å²) in [5, 5.41) is 13.9. The van der Waals surface area contributed by atoms with E-state index in [1.807, 2.05) is 47.9 Å². The van der Waals surface area contributed by atoms with Crippen LogP contribution in [-0.4, -0.2) is 32.6 Å². The molecule has 6 nitrogen and oxygen atoms in total. The Morgan fingerprint density at radius 2 is 1.81 bits per heavy atom. The Morgan fingerprint density at radius 1 is 1.13 bits per heavy atom. The van der Waals surface area contributed by atoms with Gasteiger partial charge in [-0.3, -0.25) is 4.79 Å². The molecule has 0 aliphatic carbocycles. The summed E-state index contributed by atoms with van der Waals surface area (Å²) < 4.78 is 1.97. The highest BCUT2D eigenvalue weighted by atomic mass is 35.5. The van der Waals surface area contributed by atoms with Crippen LogP contribution in [0.3, 0.4) is 0 Å². The third-order valence-corrected chi connectivity index (χ3v) is 5.87. The molecule has 3 aromatic rings. The van der Waals surface area contributed by atoms with Crippen LogP contribution in [0, 0.1) is 0 Å². The van der Waals surface area contributed by atoms with Gasteiger partial charge in [-0.1, -0.05) is 68.4 Å². The zero-order valence-corrected chi connectivity index (χ0v) is 19.7. The van der Waals surface area contributed by atoms with Gasteiger partial charge in [-0.05, 0) is 47.7 Å². The lowest BCUT2D eigenvalue weighted by molar-refractivity contribution is -0.118. The van der Waals surface area contributed by atoms with Crippen molar-refractivity contribution in [2.45, 2.75) is 44.8 Å². The summed E-state index contributed by atoms with van der Waals surface area (Å²) in [6.07, 6.45) is 1.64. The minimum atomic E-state index is -0.203. The van der Waals surface area contributed by atoms with Gasteiger partial charge < -0.3 is 4.57 Å². The van der Waals surface area contributed by atoms with E-state index in [0.717, 1.165) is 17.0 Å². The number of halogens is 1. The quantitative estimate of drug-likeness (QED) is 0.303. The number of thioether (sulfide) groups is 1. The molecule has 1 aromatic heterocycles. The van der Waals surface area contributed by atoms with Crippen LogP contribution in [0.25, 0.3) is 11.4 Å². The van der Waals surface area contributed by atoms with E-state index in [-0.39, 0.29) is 17.1 Å². The molecule has 1 amide bonds. The number of carbonyl (C=O) groups is 1. The molecule has 2 aromatic carbocycles. The zero-order valence-electron chi connectivity index (χ0n) is 18.1. The SMILES string of the molecule is CCn1c(SCC(=O)N/N=C\c2ccc(C(C)(C)C)cc2)nnc1-c1ccc(Cl)cc1. The van der Waals surface area contributed by atoms with E-state index in [4.69, 9.17) is 11.6 Å². The smallest absolute Gasteiger partial charge is 0.250 e. The standard InChI is InChI=1S/C23H26ClN5OS/c1-5-29-21(17-8-12-19(24)13-9-17)27-28-22(29)31-15-20(30)26-25-14-16-6-10-18(11-7-16)23(2,3)4/h6-14H,5,15H2,1-4H3,(H,26,30)/b25-14-. The minimum absolute atomic E-state index is 0.105. The highest BCUT2D eigenvalue weighted by molar-refractivity contribution is 7.99. The Hall–Kier alpha value is -2.64. The lowest BCUT2D eigenvalue weighted by Crippen LogP contribution is -2.20. The summed E-state index contributed by atoms with van der Waals surface area (Å²) in [5.41, 5.74) is 5.78. The van der Waals surface area contributed by atoms with Crippen LogP contribution in [-0.2, 0) is 16.8 Å². The van der Waals surface area contributed by atoms with Crippen LogP contribution in [0.2, 0.25) is 5.02 Å². The van der Waals surface area contributed by atoms with Gasteiger partial charge in [-0.25, -0.2) is 5.43 Å². The molecule has 0 saturated heterocycles. The van der Waals surface area contributed by atoms with Gasteiger partial charge in [0.05, 0.1) is 12.0 Å². The first-order chi connectivity index (χ1) is 14.8. The molecule has 31 heavy (non-hydrogen) atoms. The number of rotatable bonds is 7. The van der Waals surface area contributed by atoms with Gasteiger partial charge in [0.25, 0.3) is 5.91 Å². The molecule has 0 aliphatic rings. The average molecular weight is 456 g/mol. The van der Waals surface area contributed by atoms with Crippen LogP contribution in [0.15, 0.2) is 58.8 Å². The number of benzene rings is 2. The van der Waals surface area contributed by atoms with Crippen molar-refractivity contribution in [3.05, 3.63) is 64.7 Å². The summed E-state index contributed by atoms with van der Waals surface area (Å²) in [4.78, 5) is 12.2. The number of nitrogens with one attached hydrogen (secondary N) is 1. The van der Waals surface area contributed by atoms with Crippen molar-refractivity contribution in [3.63, 3.8) is 0 Å². The molecule has 0 unspecified atom stereocenters. The Kier molecular flexibility index (Phi) is 7.51. The van der Waals surface area contributed by atoms with E-state index in [1.54, 1.807) is 6.21 Å². The molecule has 1 heterocycles. The lowest BCUT2D eigenvalue weighted by atomic mass is 9.87. The molecule has 1 N–H and O–H groups in total. The first-order valence-electron chi connectivity index (χ1n) is 10.0. The van der Waals surface area contributed by atoms with Crippen molar-refractivity contribution >= 4 is 35.5 Å². The monoisotopic (exact) mass is 455 g/mol. The average Bonchev–Trinajstić information content (AvgIpc) is 3.15. The van der Waals surface area contributed by atoms with Gasteiger partial charge in [0.2, 0.25) is 0 Å². The van der Waals surface area contributed by atoms with E-state index in [2.05, 4.69) is 53.6 Å². The molecule has 0 saturated carbocycles. The van der Waals surface area contributed by atoms with E-state index in [9.17, 15) is 4.79 Å². The first-order valence-corrected chi connectivity index (χ1v) is 11.4. The number of aromatic nitrogens is 3. The fourth-order valence-corrected chi connectivity index (χ4v) is 3.82. The predicted molar refractivity (Wildman–Crippen MR) is 128 cm³/mol. The highest BCUT2D eigenvalue weighted by Crippen LogP contribution is 2.25. The first kappa shape index (κ1) is 23.0. The molecule has 0 spiro atoms. The predicted octanol–water partition coefficient (Wildman–Crippen LogP) is 5.16. The number of hydrazone groups is 1. The summed E-state index contributed by atoms with van der Waals surface area (Å²) in [6.45, 7) is 9.23. The summed E-state index contributed by atoms with van der Waals surface area (Å²) in [7, 11) is 0. The van der Waals surface area contributed by atoms with E-state index < -0.39 is 0 Å². The van der Waals surface area contributed by atoms with Gasteiger partial charge in [0, 0.05) is 17.1 Å². The molecule has 8 heteroatoms.